The zero-order valence-corrected chi connectivity index (χ0v) is 14.9. The quantitative estimate of drug-likeness (QED) is 0.887. The number of aryl methyl sites for hydroxylation is 2. The molecule has 0 aromatic carbocycles. The molecule has 1 fully saturated rings. The van der Waals surface area contributed by atoms with Gasteiger partial charge in [0.2, 0.25) is 5.91 Å². The third kappa shape index (κ3) is 3.64. The van der Waals surface area contributed by atoms with Crippen LogP contribution in [0.3, 0.4) is 0 Å². The molecule has 1 N–H and O–H groups in total. The first kappa shape index (κ1) is 18.6. The Morgan fingerprint density at radius 3 is 2.69 bits per heavy atom. The van der Waals surface area contributed by atoms with Crippen LogP contribution < -0.4 is 5.32 Å². The van der Waals surface area contributed by atoms with E-state index in [0.29, 0.717) is 30.9 Å². The average Bonchev–Trinajstić information content (AvgIpc) is 2.99. The second kappa shape index (κ2) is 6.82. The molecule has 1 atom stereocenters. The van der Waals surface area contributed by atoms with Gasteiger partial charge in [0, 0.05) is 43.5 Å². The van der Waals surface area contributed by atoms with E-state index in [1.165, 1.54) is 0 Å². The molecule has 3 rings (SSSR count). The molecule has 7 nitrogen and oxygen atoms in total. The predicted octanol–water partition coefficient (Wildman–Crippen LogP) is 1.51. The van der Waals surface area contributed by atoms with Crippen molar-refractivity contribution >= 4 is 11.7 Å². The van der Waals surface area contributed by atoms with Gasteiger partial charge >= 0.3 is 6.18 Å². The van der Waals surface area contributed by atoms with Crippen molar-refractivity contribution in [3.8, 4) is 0 Å². The largest absolute Gasteiger partial charge is 0.453 e. The molecule has 26 heavy (non-hydrogen) atoms. The minimum atomic E-state index is -4.62. The maximum atomic E-state index is 12.8. The third-order valence-corrected chi connectivity index (χ3v) is 4.61. The molecule has 0 radical (unpaired) electrons. The summed E-state index contributed by atoms with van der Waals surface area (Å²) >= 11 is 0. The molecule has 0 saturated carbocycles. The van der Waals surface area contributed by atoms with E-state index < -0.39 is 12.0 Å². The lowest BCUT2D eigenvalue weighted by Crippen LogP contribution is -2.51. The number of aromatic nitrogens is 4. The number of carbonyl (C=O) groups is 1. The minimum Gasteiger partial charge on any atom is -0.340 e. The first-order chi connectivity index (χ1) is 12.2. The van der Waals surface area contributed by atoms with Gasteiger partial charge in [0.25, 0.3) is 11.6 Å². The summed E-state index contributed by atoms with van der Waals surface area (Å²) in [7, 11) is 0. The maximum absolute atomic E-state index is 12.8. The van der Waals surface area contributed by atoms with E-state index in [2.05, 4.69) is 20.4 Å². The normalized spacial score (nSPS) is 18.5. The highest BCUT2D eigenvalue weighted by atomic mass is 19.4. The fraction of sp³-hybridized carbons (Fsp3) is 0.625. The van der Waals surface area contributed by atoms with Crippen molar-refractivity contribution in [1.29, 1.82) is 0 Å². The van der Waals surface area contributed by atoms with Gasteiger partial charge in [-0.1, -0.05) is 0 Å². The number of piperazine rings is 1. The maximum Gasteiger partial charge on any atom is 0.453 e. The van der Waals surface area contributed by atoms with E-state index in [9.17, 15) is 18.0 Å². The summed E-state index contributed by atoms with van der Waals surface area (Å²) in [5.41, 5.74) is 1.82. The number of rotatable bonds is 3. The van der Waals surface area contributed by atoms with E-state index >= 15 is 0 Å². The molecule has 1 amide bonds. The van der Waals surface area contributed by atoms with Crippen molar-refractivity contribution in [3.63, 3.8) is 0 Å². The lowest BCUT2D eigenvalue weighted by atomic mass is 10.1. The van der Waals surface area contributed by atoms with Gasteiger partial charge in [0.05, 0.1) is 0 Å². The van der Waals surface area contributed by atoms with E-state index in [1.54, 1.807) is 13.8 Å². The van der Waals surface area contributed by atoms with Crippen molar-refractivity contribution in [3.05, 3.63) is 22.8 Å². The van der Waals surface area contributed by atoms with Crippen LogP contribution in [0.25, 0.3) is 5.78 Å². The van der Waals surface area contributed by atoms with Crippen LogP contribution >= 0.6 is 0 Å². The molecule has 1 aliphatic rings. The van der Waals surface area contributed by atoms with Crippen LogP contribution in [0.15, 0.2) is 0 Å². The number of hydrogen-bond acceptors (Lipinski definition) is 5. The van der Waals surface area contributed by atoms with Crippen molar-refractivity contribution in [2.45, 2.75) is 45.8 Å². The van der Waals surface area contributed by atoms with E-state index in [0.717, 1.165) is 16.6 Å². The minimum absolute atomic E-state index is 0.0341. The van der Waals surface area contributed by atoms with Crippen molar-refractivity contribution in [2.75, 3.05) is 19.6 Å². The van der Waals surface area contributed by atoms with Gasteiger partial charge in [-0.25, -0.2) is 9.50 Å². The Morgan fingerprint density at radius 2 is 2.04 bits per heavy atom. The van der Waals surface area contributed by atoms with Crippen LogP contribution in [0.1, 0.15) is 36.1 Å². The topological polar surface area (TPSA) is 75.4 Å². The summed E-state index contributed by atoms with van der Waals surface area (Å²) in [5, 5.41) is 6.81. The van der Waals surface area contributed by atoms with E-state index in [-0.39, 0.29) is 24.1 Å². The summed E-state index contributed by atoms with van der Waals surface area (Å²) in [4.78, 5) is 21.8. The van der Waals surface area contributed by atoms with Crippen LogP contribution in [0, 0.1) is 13.8 Å². The smallest absolute Gasteiger partial charge is 0.340 e. The first-order valence-corrected chi connectivity index (χ1v) is 8.48. The monoisotopic (exact) mass is 370 g/mol. The molecule has 10 heteroatoms. The highest BCUT2D eigenvalue weighted by Crippen LogP contribution is 2.27. The van der Waals surface area contributed by atoms with Crippen molar-refractivity contribution in [2.24, 2.45) is 0 Å². The first-order valence-electron chi connectivity index (χ1n) is 8.48. The Kier molecular flexibility index (Phi) is 4.87. The third-order valence-electron chi connectivity index (χ3n) is 4.61. The second-order valence-corrected chi connectivity index (χ2v) is 6.60. The van der Waals surface area contributed by atoms with E-state index in [4.69, 9.17) is 0 Å². The van der Waals surface area contributed by atoms with Crippen LogP contribution in [0.4, 0.5) is 13.2 Å². The van der Waals surface area contributed by atoms with Gasteiger partial charge < -0.3 is 10.2 Å². The molecule has 142 valence electrons. The van der Waals surface area contributed by atoms with Crippen LogP contribution in [0.5, 0.6) is 0 Å². The molecule has 1 unspecified atom stereocenters. The zero-order valence-electron chi connectivity index (χ0n) is 14.9. The number of carbonyl (C=O) groups excluding carboxylic acids is 1. The number of alkyl halides is 3. The van der Waals surface area contributed by atoms with E-state index in [1.807, 2.05) is 11.8 Å². The molecular formula is C16H21F3N6O. The fourth-order valence-electron chi connectivity index (χ4n) is 3.24. The molecule has 0 aliphatic carbocycles. The highest BCUT2D eigenvalue weighted by molar-refractivity contribution is 5.76. The Morgan fingerprint density at radius 1 is 1.31 bits per heavy atom. The van der Waals surface area contributed by atoms with Gasteiger partial charge in [-0.05, 0) is 32.8 Å². The number of amides is 1. The predicted molar refractivity (Wildman–Crippen MR) is 87.6 cm³/mol. The molecule has 0 spiro atoms. The van der Waals surface area contributed by atoms with Crippen molar-refractivity contribution < 1.29 is 18.0 Å². The molecule has 2 aromatic heterocycles. The zero-order chi connectivity index (χ0) is 19.1. The van der Waals surface area contributed by atoms with Gasteiger partial charge in [0.1, 0.15) is 0 Å². The van der Waals surface area contributed by atoms with Crippen molar-refractivity contribution in [1.82, 2.24) is 29.8 Å². The SMILES string of the molecule is Cc1nc2nc(C(F)(F)F)nn2c(C)c1CCC(=O)N1CCNC(C)C1. The standard InChI is InChI=1S/C16H21F3N6O/c1-9-8-24(7-6-20-9)13(26)5-4-12-10(2)21-15-22-14(16(17,18)19)23-25(15)11(12)3/h9,20H,4-8H2,1-3H3. The molecule has 1 aliphatic heterocycles. The molecule has 0 bridgehead atoms. The number of nitrogens with zero attached hydrogens (tertiary/aromatic N) is 5. The number of halogens is 3. The summed E-state index contributed by atoms with van der Waals surface area (Å²) < 4.78 is 39.6. The van der Waals surface area contributed by atoms with Crippen LogP contribution in [-0.2, 0) is 17.4 Å². The highest BCUT2D eigenvalue weighted by Gasteiger charge is 2.37. The Hall–Kier alpha value is -2.23. The van der Waals surface area contributed by atoms with Gasteiger partial charge in [-0.3, -0.25) is 4.79 Å². The van der Waals surface area contributed by atoms with Gasteiger partial charge in [-0.2, -0.15) is 18.2 Å². The lowest BCUT2D eigenvalue weighted by molar-refractivity contribution is -0.144. The molecular weight excluding hydrogens is 349 g/mol. The Balaban J connectivity index is 1.80. The fourth-order valence-corrected chi connectivity index (χ4v) is 3.24. The number of hydrogen-bond donors (Lipinski definition) is 1. The average molecular weight is 370 g/mol. The Bertz CT molecular complexity index is 831. The number of nitrogens with one attached hydrogen (secondary N) is 1. The van der Waals surface area contributed by atoms with Gasteiger partial charge in [-0.15, -0.1) is 5.10 Å². The van der Waals surface area contributed by atoms with Gasteiger partial charge in [0.15, 0.2) is 0 Å². The second-order valence-electron chi connectivity index (χ2n) is 6.60. The number of fused-ring (bicyclic) bond motifs is 1. The molecule has 2 aromatic rings. The van der Waals surface area contributed by atoms with Crippen LogP contribution in [-0.4, -0.2) is 56.1 Å². The molecule has 3 heterocycles. The lowest BCUT2D eigenvalue weighted by Gasteiger charge is -2.32. The summed E-state index contributed by atoms with van der Waals surface area (Å²) in [6, 6.07) is 0.255. The molecule has 1 saturated heterocycles. The summed E-state index contributed by atoms with van der Waals surface area (Å²) in [6.07, 6.45) is -3.94. The Labute approximate surface area is 148 Å². The van der Waals surface area contributed by atoms with Crippen LogP contribution in [0.2, 0.25) is 0 Å². The summed E-state index contributed by atoms with van der Waals surface area (Å²) in [6.45, 7) is 7.49. The summed E-state index contributed by atoms with van der Waals surface area (Å²) in [5.74, 6) is -1.26.